The monoisotopic (exact) mass is 474 g/mol. The van der Waals surface area contributed by atoms with E-state index in [1.165, 1.54) is 0 Å². The number of aromatic nitrogens is 1. The molecule has 3 heterocycles. The number of benzene rings is 1. The second kappa shape index (κ2) is 10.7. The molecule has 1 N–H and O–H groups in total. The molecule has 33 heavy (non-hydrogen) atoms. The fourth-order valence-electron chi connectivity index (χ4n) is 3.82. The summed E-state index contributed by atoms with van der Waals surface area (Å²) in [5.41, 5.74) is 0.944. The maximum absolute atomic E-state index is 12.7. The van der Waals surface area contributed by atoms with E-state index in [0.29, 0.717) is 54.1 Å². The van der Waals surface area contributed by atoms with Crippen molar-refractivity contribution in [2.75, 3.05) is 62.8 Å². The maximum atomic E-state index is 12.7. The molecule has 0 bridgehead atoms. The Hall–Kier alpha value is -3.04. The van der Waals surface area contributed by atoms with Gasteiger partial charge < -0.3 is 24.4 Å². The molecule has 2 aliphatic heterocycles. The number of amides is 1. The summed E-state index contributed by atoms with van der Waals surface area (Å²) in [6.45, 7) is 6.35. The molecule has 1 saturated heterocycles. The van der Waals surface area contributed by atoms with Crippen molar-refractivity contribution in [1.29, 1.82) is 0 Å². The minimum absolute atomic E-state index is 0.140. The van der Waals surface area contributed by atoms with Crippen molar-refractivity contribution >= 4 is 35.0 Å². The summed E-state index contributed by atoms with van der Waals surface area (Å²) in [5.74, 6) is 1.45. The summed E-state index contributed by atoms with van der Waals surface area (Å²) in [7, 11) is 0. The van der Waals surface area contributed by atoms with Crippen molar-refractivity contribution in [3.05, 3.63) is 41.0 Å². The van der Waals surface area contributed by atoms with Gasteiger partial charge in [0, 0.05) is 44.5 Å². The average Bonchev–Trinajstić information content (AvgIpc) is 3.05. The third kappa shape index (κ3) is 5.85. The van der Waals surface area contributed by atoms with Gasteiger partial charge in [0.25, 0.3) is 0 Å². The van der Waals surface area contributed by atoms with Crippen LogP contribution in [0.5, 0.6) is 11.5 Å². The smallest absolute Gasteiger partial charge is 0.339 e. The Morgan fingerprint density at radius 2 is 1.91 bits per heavy atom. The highest BCUT2D eigenvalue weighted by Crippen LogP contribution is 2.37. The molecule has 176 valence electrons. The van der Waals surface area contributed by atoms with Crippen LogP contribution in [0.25, 0.3) is 0 Å². The van der Waals surface area contributed by atoms with Crippen molar-refractivity contribution in [2.45, 2.75) is 13.3 Å². The van der Waals surface area contributed by atoms with Gasteiger partial charge in [0.15, 0.2) is 11.5 Å². The second-order valence-corrected chi connectivity index (χ2v) is 8.17. The van der Waals surface area contributed by atoms with E-state index in [1.54, 1.807) is 31.3 Å². The van der Waals surface area contributed by atoms with Crippen molar-refractivity contribution in [2.24, 2.45) is 0 Å². The third-order valence-corrected chi connectivity index (χ3v) is 5.76. The van der Waals surface area contributed by atoms with Crippen molar-refractivity contribution in [1.82, 2.24) is 9.88 Å². The van der Waals surface area contributed by atoms with Crippen molar-refractivity contribution < 1.29 is 23.8 Å². The van der Waals surface area contributed by atoms with E-state index in [2.05, 4.69) is 20.1 Å². The van der Waals surface area contributed by atoms with Crippen LogP contribution in [0.15, 0.2) is 30.5 Å². The number of hydrogen-bond donors (Lipinski definition) is 1. The van der Waals surface area contributed by atoms with Gasteiger partial charge in [-0.05, 0) is 25.5 Å². The minimum atomic E-state index is -0.372. The lowest BCUT2D eigenvalue weighted by Crippen LogP contribution is -2.36. The fourth-order valence-corrected chi connectivity index (χ4v) is 4.02. The summed E-state index contributed by atoms with van der Waals surface area (Å²) in [5, 5.41) is 3.29. The summed E-state index contributed by atoms with van der Waals surface area (Å²) in [4.78, 5) is 33.2. The minimum Gasteiger partial charge on any atom is -0.486 e. The van der Waals surface area contributed by atoms with Gasteiger partial charge in [-0.15, -0.1) is 0 Å². The lowest BCUT2D eigenvalue weighted by atomic mass is 10.2. The van der Waals surface area contributed by atoms with Gasteiger partial charge in [-0.3, -0.25) is 9.69 Å². The first kappa shape index (κ1) is 23.1. The molecule has 1 amide bonds. The third-order valence-electron chi connectivity index (χ3n) is 5.44. The van der Waals surface area contributed by atoms with Gasteiger partial charge in [-0.25, -0.2) is 9.78 Å². The second-order valence-electron chi connectivity index (χ2n) is 7.77. The first-order valence-corrected chi connectivity index (χ1v) is 11.4. The van der Waals surface area contributed by atoms with Gasteiger partial charge in [0.1, 0.15) is 19.0 Å². The zero-order chi connectivity index (χ0) is 23.2. The Labute approximate surface area is 197 Å². The van der Waals surface area contributed by atoms with E-state index in [-0.39, 0.29) is 18.4 Å². The predicted octanol–water partition coefficient (Wildman–Crippen LogP) is 2.83. The predicted molar refractivity (Wildman–Crippen MR) is 125 cm³/mol. The summed E-state index contributed by atoms with van der Waals surface area (Å²) < 4.78 is 16.1. The Morgan fingerprint density at radius 3 is 2.64 bits per heavy atom. The lowest BCUT2D eigenvalue weighted by molar-refractivity contribution is -0.117. The fraction of sp³-hybridized carbons (Fsp3) is 0.435. The molecule has 2 aromatic rings. The van der Waals surface area contributed by atoms with E-state index in [1.807, 2.05) is 6.07 Å². The molecule has 4 rings (SSSR count). The number of nitrogens with zero attached hydrogens (tertiary/aromatic N) is 3. The van der Waals surface area contributed by atoms with Crippen molar-refractivity contribution in [3.8, 4) is 11.5 Å². The number of rotatable bonds is 6. The first-order valence-electron chi connectivity index (χ1n) is 11.0. The average molecular weight is 475 g/mol. The highest BCUT2D eigenvalue weighted by atomic mass is 35.5. The Kier molecular flexibility index (Phi) is 7.51. The number of ether oxygens (including phenoxy) is 3. The molecule has 10 heteroatoms. The Morgan fingerprint density at radius 1 is 1.12 bits per heavy atom. The maximum Gasteiger partial charge on any atom is 0.339 e. The molecule has 0 unspecified atom stereocenters. The number of carbonyl (C=O) groups excluding carboxylic acids is 2. The largest absolute Gasteiger partial charge is 0.486 e. The Bertz CT molecular complexity index is 1000. The van der Waals surface area contributed by atoms with Gasteiger partial charge in [-0.2, -0.15) is 0 Å². The Balaban J connectivity index is 1.31. The van der Waals surface area contributed by atoms with Crippen LogP contribution < -0.4 is 19.7 Å². The van der Waals surface area contributed by atoms with Crippen LogP contribution in [0, 0.1) is 0 Å². The van der Waals surface area contributed by atoms with Crippen molar-refractivity contribution in [3.63, 3.8) is 0 Å². The quantitative estimate of drug-likeness (QED) is 0.639. The lowest BCUT2D eigenvalue weighted by Gasteiger charge is -2.23. The molecule has 0 aliphatic carbocycles. The van der Waals surface area contributed by atoms with Crippen LogP contribution in [-0.2, 0) is 9.53 Å². The van der Waals surface area contributed by atoms with E-state index in [4.69, 9.17) is 25.8 Å². The van der Waals surface area contributed by atoms with Crippen LogP contribution in [0.4, 0.5) is 11.5 Å². The highest BCUT2D eigenvalue weighted by Gasteiger charge is 2.20. The number of fused-ring (bicyclic) bond motifs is 1. The number of nitrogens with one attached hydrogen (secondary N) is 1. The molecule has 1 aromatic carbocycles. The zero-order valence-corrected chi connectivity index (χ0v) is 19.3. The number of esters is 1. The molecule has 0 radical (unpaired) electrons. The first-order chi connectivity index (χ1) is 16.0. The zero-order valence-electron chi connectivity index (χ0n) is 18.5. The topological polar surface area (TPSA) is 93.2 Å². The molecular formula is C23H27ClN4O5. The van der Waals surface area contributed by atoms with Crippen LogP contribution in [0.1, 0.15) is 23.7 Å². The highest BCUT2D eigenvalue weighted by molar-refractivity contribution is 6.34. The SMILES string of the molecule is CCOC(=O)c1ccc(N2CCCN(CC(=O)Nc3cc4c(cc3Cl)OCCO4)CC2)nc1. The molecule has 1 aromatic heterocycles. The van der Waals surface area contributed by atoms with E-state index in [0.717, 1.165) is 31.9 Å². The number of pyridine rings is 1. The van der Waals surface area contributed by atoms with Gasteiger partial charge in [-0.1, -0.05) is 11.6 Å². The summed E-state index contributed by atoms with van der Waals surface area (Å²) >= 11 is 6.30. The van der Waals surface area contributed by atoms with Crippen LogP contribution in [-0.4, -0.2) is 74.3 Å². The number of anilines is 2. The van der Waals surface area contributed by atoms with Crippen LogP contribution >= 0.6 is 11.6 Å². The van der Waals surface area contributed by atoms with Crippen LogP contribution in [0.2, 0.25) is 5.02 Å². The molecule has 0 spiro atoms. The van der Waals surface area contributed by atoms with Gasteiger partial charge in [0.05, 0.1) is 29.4 Å². The molecule has 9 nitrogen and oxygen atoms in total. The summed E-state index contributed by atoms with van der Waals surface area (Å²) in [6.07, 6.45) is 2.43. The molecule has 0 atom stereocenters. The molecule has 1 fully saturated rings. The normalized spacial score (nSPS) is 16.1. The van der Waals surface area contributed by atoms with Crippen LogP contribution in [0.3, 0.4) is 0 Å². The number of halogens is 1. The van der Waals surface area contributed by atoms with Gasteiger partial charge >= 0.3 is 5.97 Å². The number of hydrogen-bond acceptors (Lipinski definition) is 8. The van der Waals surface area contributed by atoms with Gasteiger partial charge in [0.2, 0.25) is 5.91 Å². The van der Waals surface area contributed by atoms with E-state index in [9.17, 15) is 9.59 Å². The number of carbonyl (C=O) groups is 2. The van der Waals surface area contributed by atoms with E-state index >= 15 is 0 Å². The molecule has 2 aliphatic rings. The van der Waals surface area contributed by atoms with E-state index < -0.39 is 0 Å². The molecule has 0 saturated carbocycles. The molecular weight excluding hydrogens is 448 g/mol. The standard InChI is InChI=1S/C23H27ClN4O5/c1-2-31-23(30)16-4-5-21(25-14-16)28-7-3-6-27(8-9-28)15-22(29)26-18-13-20-19(12-17(18)24)32-10-11-33-20/h4-5,12-14H,2-3,6-11,15H2,1H3,(H,26,29). The summed E-state index contributed by atoms with van der Waals surface area (Å²) in [6, 6.07) is 6.92.